The molecule has 0 aromatic heterocycles. The fraction of sp³-hybridized carbons (Fsp3) is 0.600. The molecule has 0 bridgehead atoms. The highest BCUT2D eigenvalue weighted by Crippen LogP contribution is 2.16. The molecule has 1 N–H and O–H groups in total. The molecule has 96 valence electrons. The van der Waals surface area contributed by atoms with E-state index in [-0.39, 0.29) is 0 Å². The van der Waals surface area contributed by atoms with Gasteiger partial charge in [-0.1, -0.05) is 26.0 Å². The molecule has 0 amide bonds. The summed E-state index contributed by atoms with van der Waals surface area (Å²) in [6, 6.07) is 9.81. The van der Waals surface area contributed by atoms with E-state index in [1.54, 1.807) is 0 Å². The molecule has 1 rings (SSSR count). The second kappa shape index (κ2) is 7.37. The van der Waals surface area contributed by atoms with Gasteiger partial charge in [0.15, 0.2) is 0 Å². The number of hydrogen-bond acceptors (Lipinski definition) is 1. The van der Waals surface area contributed by atoms with Crippen LogP contribution in [0.15, 0.2) is 24.3 Å². The van der Waals surface area contributed by atoms with Crippen molar-refractivity contribution in [3.63, 3.8) is 0 Å². The first-order valence-corrected chi connectivity index (χ1v) is 7.58. The van der Waals surface area contributed by atoms with Crippen LogP contribution in [0, 0.1) is 9.49 Å². The summed E-state index contributed by atoms with van der Waals surface area (Å²) in [6.07, 6.45) is 2.56. The Morgan fingerprint density at radius 2 is 1.59 bits per heavy atom. The summed E-state index contributed by atoms with van der Waals surface area (Å²) in [7, 11) is 0. The van der Waals surface area contributed by atoms with Gasteiger partial charge in [-0.15, -0.1) is 0 Å². The normalized spacial score (nSPS) is 14.9. The van der Waals surface area contributed by atoms with Crippen LogP contribution in [0.3, 0.4) is 0 Å². The van der Waals surface area contributed by atoms with Crippen LogP contribution in [0.2, 0.25) is 0 Å². The molecule has 1 nitrogen and oxygen atoms in total. The topological polar surface area (TPSA) is 12.0 Å². The molecule has 1 aromatic rings. The molecule has 2 atom stereocenters. The highest BCUT2D eigenvalue weighted by molar-refractivity contribution is 14.1. The summed E-state index contributed by atoms with van der Waals surface area (Å²) in [5.74, 6) is 0.799. The Balaban J connectivity index is 2.42. The van der Waals surface area contributed by atoms with Crippen molar-refractivity contribution >= 4 is 22.6 Å². The van der Waals surface area contributed by atoms with Crippen molar-refractivity contribution in [3.05, 3.63) is 33.4 Å². The van der Waals surface area contributed by atoms with E-state index < -0.39 is 0 Å². The summed E-state index contributed by atoms with van der Waals surface area (Å²) >= 11 is 2.35. The lowest BCUT2D eigenvalue weighted by atomic mass is 10.0. The number of rotatable bonds is 6. The van der Waals surface area contributed by atoms with E-state index in [2.05, 4.69) is 79.9 Å². The van der Waals surface area contributed by atoms with Crippen molar-refractivity contribution in [1.82, 2.24) is 5.32 Å². The lowest BCUT2D eigenvalue weighted by Crippen LogP contribution is -2.29. The maximum atomic E-state index is 3.67. The molecule has 2 heteroatoms. The fourth-order valence-corrected chi connectivity index (χ4v) is 2.30. The molecule has 0 aliphatic heterocycles. The van der Waals surface area contributed by atoms with Crippen LogP contribution in [0.4, 0.5) is 0 Å². The van der Waals surface area contributed by atoms with Gasteiger partial charge < -0.3 is 5.32 Å². The van der Waals surface area contributed by atoms with E-state index in [1.807, 2.05) is 0 Å². The molecule has 0 radical (unpaired) electrons. The molecule has 0 aliphatic carbocycles. The van der Waals surface area contributed by atoms with Gasteiger partial charge in [-0.25, -0.2) is 0 Å². The van der Waals surface area contributed by atoms with Crippen molar-refractivity contribution < 1.29 is 0 Å². The van der Waals surface area contributed by atoms with E-state index in [1.165, 1.54) is 22.0 Å². The van der Waals surface area contributed by atoms with Crippen molar-refractivity contribution in [1.29, 1.82) is 0 Å². The number of benzene rings is 1. The minimum atomic E-state index is 0.439. The Labute approximate surface area is 120 Å². The molecule has 17 heavy (non-hydrogen) atoms. The van der Waals surface area contributed by atoms with Gasteiger partial charge in [-0.05, 0) is 72.9 Å². The van der Waals surface area contributed by atoms with Gasteiger partial charge in [-0.2, -0.15) is 0 Å². The second-order valence-electron chi connectivity index (χ2n) is 5.31. The lowest BCUT2D eigenvalue weighted by molar-refractivity contribution is 0.417. The maximum absolute atomic E-state index is 3.67. The molecule has 0 fully saturated rings. The smallest absolute Gasteiger partial charge is 0.0294 e. The predicted molar refractivity (Wildman–Crippen MR) is 84.2 cm³/mol. The zero-order chi connectivity index (χ0) is 12.8. The average Bonchev–Trinajstić information content (AvgIpc) is 2.27. The van der Waals surface area contributed by atoms with Gasteiger partial charge in [0.25, 0.3) is 0 Å². The highest BCUT2D eigenvalue weighted by Gasteiger charge is 2.09. The van der Waals surface area contributed by atoms with Gasteiger partial charge in [0.05, 0.1) is 0 Å². The SMILES string of the molecule is CC(C)CCC(C)NC(C)c1ccc(I)cc1. The first kappa shape index (κ1) is 15.0. The van der Waals surface area contributed by atoms with Gasteiger partial charge >= 0.3 is 0 Å². The number of halogens is 1. The molecule has 0 saturated carbocycles. The first-order valence-electron chi connectivity index (χ1n) is 6.50. The number of nitrogens with one attached hydrogen (secondary N) is 1. The Kier molecular flexibility index (Phi) is 6.49. The minimum Gasteiger partial charge on any atom is -0.308 e. The molecule has 1 aromatic carbocycles. The standard InChI is InChI=1S/C15H24IN/c1-11(2)5-6-12(3)17-13(4)14-7-9-15(16)10-8-14/h7-13,17H,5-6H2,1-4H3. The molecule has 0 saturated heterocycles. The van der Waals surface area contributed by atoms with Crippen molar-refractivity contribution in [2.45, 2.75) is 52.6 Å². The Hall–Kier alpha value is -0.0900. The van der Waals surface area contributed by atoms with Crippen LogP contribution in [0.1, 0.15) is 52.1 Å². The molecule has 0 aliphatic rings. The lowest BCUT2D eigenvalue weighted by Gasteiger charge is -2.21. The quantitative estimate of drug-likeness (QED) is 0.733. The van der Waals surface area contributed by atoms with Gasteiger partial charge in [0, 0.05) is 15.7 Å². The average molecular weight is 345 g/mol. The van der Waals surface area contributed by atoms with Crippen molar-refractivity contribution in [2.24, 2.45) is 5.92 Å². The van der Waals surface area contributed by atoms with Crippen LogP contribution in [0.5, 0.6) is 0 Å². The first-order chi connectivity index (χ1) is 7.99. The third kappa shape index (κ3) is 5.87. The number of hydrogen-bond donors (Lipinski definition) is 1. The summed E-state index contributed by atoms with van der Waals surface area (Å²) in [5.41, 5.74) is 1.38. The molecular formula is C15H24IN. The minimum absolute atomic E-state index is 0.439. The zero-order valence-corrected chi connectivity index (χ0v) is 13.5. The molecule has 0 heterocycles. The van der Waals surface area contributed by atoms with E-state index in [9.17, 15) is 0 Å². The fourth-order valence-electron chi connectivity index (χ4n) is 1.94. The Bertz CT molecular complexity index is 318. The summed E-state index contributed by atoms with van der Waals surface area (Å²) in [5, 5.41) is 3.67. The Morgan fingerprint density at radius 1 is 1.00 bits per heavy atom. The molecular weight excluding hydrogens is 321 g/mol. The van der Waals surface area contributed by atoms with Gasteiger partial charge in [-0.3, -0.25) is 0 Å². The van der Waals surface area contributed by atoms with Gasteiger partial charge in [0.1, 0.15) is 0 Å². The van der Waals surface area contributed by atoms with Crippen LogP contribution in [-0.2, 0) is 0 Å². The highest BCUT2D eigenvalue weighted by atomic mass is 127. The maximum Gasteiger partial charge on any atom is 0.0294 e. The van der Waals surface area contributed by atoms with Crippen LogP contribution in [-0.4, -0.2) is 6.04 Å². The largest absolute Gasteiger partial charge is 0.308 e. The van der Waals surface area contributed by atoms with E-state index in [4.69, 9.17) is 0 Å². The van der Waals surface area contributed by atoms with E-state index in [0.717, 1.165) is 5.92 Å². The molecule has 2 unspecified atom stereocenters. The van der Waals surface area contributed by atoms with Crippen molar-refractivity contribution in [2.75, 3.05) is 0 Å². The van der Waals surface area contributed by atoms with Crippen LogP contribution >= 0.6 is 22.6 Å². The second-order valence-corrected chi connectivity index (χ2v) is 6.56. The van der Waals surface area contributed by atoms with E-state index >= 15 is 0 Å². The van der Waals surface area contributed by atoms with E-state index in [0.29, 0.717) is 12.1 Å². The zero-order valence-electron chi connectivity index (χ0n) is 11.3. The van der Waals surface area contributed by atoms with Crippen LogP contribution in [0.25, 0.3) is 0 Å². The van der Waals surface area contributed by atoms with Crippen molar-refractivity contribution in [3.8, 4) is 0 Å². The Morgan fingerprint density at radius 3 is 2.12 bits per heavy atom. The predicted octanol–water partition coefficient (Wildman–Crippen LogP) is 4.77. The van der Waals surface area contributed by atoms with Gasteiger partial charge in [0.2, 0.25) is 0 Å². The third-order valence-electron chi connectivity index (χ3n) is 3.08. The molecule has 0 spiro atoms. The third-order valence-corrected chi connectivity index (χ3v) is 3.80. The summed E-state index contributed by atoms with van der Waals surface area (Å²) in [6.45, 7) is 9.10. The summed E-state index contributed by atoms with van der Waals surface area (Å²) < 4.78 is 1.30. The monoisotopic (exact) mass is 345 g/mol. The van der Waals surface area contributed by atoms with Crippen LogP contribution < -0.4 is 5.32 Å². The summed E-state index contributed by atoms with van der Waals surface area (Å²) in [4.78, 5) is 0.